The number of hydrogen-bond donors (Lipinski definition) is 1. The van der Waals surface area contributed by atoms with E-state index in [2.05, 4.69) is 6.92 Å². The van der Waals surface area contributed by atoms with Crippen LogP contribution in [0.25, 0.3) is 0 Å². The van der Waals surface area contributed by atoms with Gasteiger partial charge in [-0.15, -0.1) is 0 Å². The van der Waals surface area contributed by atoms with E-state index >= 15 is 0 Å². The molecular formula is C20H22O3. The van der Waals surface area contributed by atoms with Crippen LogP contribution >= 0.6 is 0 Å². The van der Waals surface area contributed by atoms with Crippen LogP contribution in [0.4, 0.5) is 0 Å². The third-order valence-electron chi connectivity index (χ3n) is 3.97. The Labute approximate surface area is 137 Å². The van der Waals surface area contributed by atoms with E-state index in [-0.39, 0.29) is 11.3 Å². The van der Waals surface area contributed by atoms with Crippen molar-refractivity contribution in [2.24, 2.45) is 0 Å². The Morgan fingerprint density at radius 2 is 1.57 bits per heavy atom. The van der Waals surface area contributed by atoms with Crippen molar-refractivity contribution in [2.75, 3.05) is 0 Å². The maximum atomic E-state index is 12.7. The summed E-state index contributed by atoms with van der Waals surface area (Å²) in [5.74, 6) is -1.09. The van der Waals surface area contributed by atoms with Crippen molar-refractivity contribution in [1.29, 1.82) is 0 Å². The fourth-order valence-electron chi connectivity index (χ4n) is 2.74. The van der Waals surface area contributed by atoms with Crippen LogP contribution in [0.1, 0.15) is 64.4 Å². The number of rotatable bonds is 8. The van der Waals surface area contributed by atoms with E-state index in [1.165, 1.54) is 0 Å². The van der Waals surface area contributed by atoms with E-state index < -0.39 is 5.97 Å². The first-order chi connectivity index (χ1) is 11.1. The van der Waals surface area contributed by atoms with E-state index in [1.807, 2.05) is 18.2 Å². The molecule has 0 atom stereocenters. The fourth-order valence-corrected chi connectivity index (χ4v) is 2.74. The smallest absolute Gasteiger partial charge is 0.335 e. The average molecular weight is 310 g/mol. The highest BCUT2D eigenvalue weighted by atomic mass is 16.4. The number of aromatic carboxylic acids is 1. The van der Waals surface area contributed by atoms with Crippen LogP contribution in [-0.4, -0.2) is 16.9 Å². The molecule has 0 spiro atoms. The lowest BCUT2D eigenvalue weighted by Crippen LogP contribution is -2.11. The quantitative estimate of drug-likeness (QED) is 0.566. The Hall–Kier alpha value is -2.42. The number of benzene rings is 2. The summed E-state index contributed by atoms with van der Waals surface area (Å²) in [4.78, 5) is 24.2. The Morgan fingerprint density at radius 1 is 0.870 bits per heavy atom. The molecule has 120 valence electrons. The van der Waals surface area contributed by atoms with Gasteiger partial charge in [0.15, 0.2) is 5.78 Å². The van der Waals surface area contributed by atoms with Gasteiger partial charge in [-0.1, -0.05) is 68.7 Å². The summed E-state index contributed by atoms with van der Waals surface area (Å²) in [5.41, 5.74) is 1.99. The Morgan fingerprint density at radius 3 is 2.22 bits per heavy atom. The molecular weight excluding hydrogens is 288 g/mol. The zero-order chi connectivity index (χ0) is 16.7. The molecule has 23 heavy (non-hydrogen) atoms. The van der Waals surface area contributed by atoms with Gasteiger partial charge in [-0.3, -0.25) is 4.79 Å². The molecule has 0 bridgehead atoms. The molecule has 2 aromatic rings. The van der Waals surface area contributed by atoms with Crippen molar-refractivity contribution < 1.29 is 14.7 Å². The second-order valence-corrected chi connectivity index (χ2v) is 5.64. The molecule has 0 aliphatic carbocycles. The molecule has 0 aromatic heterocycles. The zero-order valence-corrected chi connectivity index (χ0v) is 13.4. The van der Waals surface area contributed by atoms with Crippen molar-refractivity contribution in [2.45, 2.75) is 39.0 Å². The molecule has 0 saturated heterocycles. The summed E-state index contributed by atoms with van der Waals surface area (Å²) < 4.78 is 0. The van der Waals surface area contributed by atoms with E-state index in [9.17, 15) is 14.7 Å². The topological polar surface area (TPSA) is 54.4 Å². The normalized spacial score (nSPS) is 10.5. The predicted molar refractivity (Wildman–Crippen MR) is 91.1 cm³/mol. The molecule has 0 unspecified atom stereocenters. The van der Waals surface area contributed by atoms with Crippen LogP contribution in [0.2, 0.25) is 0 Å². The van der Waals surface area contributed by atoms with Gasteiger partial charge in [-0.25, -0.2) is 4.79 Å². The van der Waals surface area contributed by atoms with Crippen molar-refractivity contribution in [3.8, 4) is 0 Å². The molecule has 0 heterocycles. The summed E-state index contributed by atoms with van der Waals surface area (Å²) >= 11 is 0. The number of ketones is 1. The van der Waals surface area contributed by atoms with E-state index in [1.54, 1.807) is 30.3 Å². The largest absolute Gasteiger partial charge is 0.478 e. The van der Waals surface area contributed by atoms with Gasteiger partial charge in [0.25, 0.3) is 0 Å². The molecule has 0 amide bonds. The van der Waals surface area contributed by atoms with E-state index in [4.69, 9.17) is 0 Å². The number of unbranched alkanes of at least 4 members (excludes halogenated alkanes) is 3. The van der Waals surface area contributed by atoms with E-state index in [0.29, 0.717) is 23.1 Å². The van der Waals surface area contributed by atoms with Gasteiger partial charge >= 0.3 is 5.97 Å². The third kappa shape index (κ3) is 4.28. The van der Waals surface area contributed by atoms with Gasteiger partial charge < -0.3 is 5.11 Å². The summed E-state index contributed by atoms with van der Waals surface area (Å²) in [7, 11) is 0. The van der Waals surface area contributed by atoms with E-state index in [0.717, 1.165) is 25.7 Å². The van der Waals surface area contributed by atoms with Crippen molar-refractivity contribution >= 4 is 11.8 Å². The molecule has 0 saturated carbocycles. The highest BCUT2D eigenvalue weighted by Gasteiger charge is 2.19. The van der Waals surface area contributed by atoms with Gasteiger partial charge in [0, 0.05) is 11.1 Å². The lowest BCUT2D eigenvalue weighted by atomic mass is 9.91. The second-order valence-electron chi connectivity index (χ2n) is 5.64. The summed E-state index contributed by atoms with van der Waals surface area (Å²) in [6.45, 7) is 2.13. The molecule has 0 fully saturated rings. The predicted octanol–water partition coefficient (Wildman–Crippen LogP) is 4.74. The van der Waals surface area contributed by atoms with Crippen LogP contribution in [0.3, 0.4) is 0 Å². The van der Waals surface area contributed by atoms with Crippen LogP contribution in [-0.2, 0) is 6.42 Å². The Kier molecular flexibility index (Phi) is 6.10. The number of hydrogen-bond acceptors (Lipinski definition) is 2. The minimum absolute atomic E-state index is 0.112. The standard InChI is InChI=1S/C20H22O3/c1-2-3-4-8-12-16-17(13-9-14-18(16)20(22)23)19(21)15-10-6-5-7-11-15/h5-7,9-11,13-14H,2-4,8,12H2,1H3,(H,22,23). The van der Waals surface area contributed by atoms with Crippen LogP contribution in [0.15, 0.2) is 48.5 Å². The fraction of sp³-hybridized carbons (Fsp3) is 0.300. The first kappa shape index (κ1) is 16.9. The maximum Gasteiger partial charge on any atom is 0.335 e. The summed E-state index contributed by atoms with van der Waals surface area (Å²) in [6.07, 6.45) is 4.81. The maximum absolute atomic E-state index is 12.7. The zero-order valence-electron chi connectivity index (χ0n) is 13.4. The molecule has 3 heteroatoms. The van der Waals surface area contributed by atoms with Crippen LogP contribution in [0, 0.1) is 0 Å². The van der Waals surface area contributed by atoms with Crippen LogP contribution in [0.5, 0.6) is 0 Å². The molecule has 1 N–H and O–H groups in total. The number of carboxylic acid groups (broad SMARTS) is 1. The third-order valence-corrected chi connectivity index (χ3v) is 3.97. The highest BCUT2D eigenvalue weighted by Crippen LogP contribution is 2.21. The minimum Gasteiger partial charge on any atom is -0.478 e. The molecule has 0 aliphatic heterocycles. The molecule has 2 aromatic carbocycles. The Balaban J connectivity index is 2.36. The van der Waals surface area contributed by atoms with Gasteiger partial charge in [0.05, 0.1) is 5.56 Å². The van der Waals surface area contributed by atoms with Gasteiger partial charge in [0.2, 0.25) is 0 Å². The highest BCUT2D eigenvalue weighted by molar-refractivity contribution is 6.11. The monoisotopic (exact) mass is 310 g/mol. The lowest BCUT2D eigenvalue weighted by Gasteiger charge is -2.12. The van der Waals surface area contributed by atoms with Crippen molar-refractivity contribution in [3.63, 3.8) is 0 Å². The first-order valence-corrected chi connectivity index (χ1v) is 8.10. The summed E-state index contributed by atoms with van der Waals surface area (Å²) in [5, 5.41) is 9.43. The van der Waals surface area contributed by atoms with Gasteiger partial charge in [-0.2, -0.15) is 0 Å². The number of carbonyl (C=O) groups excluding carboxylic acids is 1. The second kappa shape index (κ2) is 8.28. The van der Waals surface area contributed by atoms with Gasteiger partial charge in [0.1, 0.15) is 0 Å². The molecule has 3 nitrogen and oxygen atoms in total. The Bertz CT molecular complexity index is 675. The first-order valence-electron chi connectivity index (χ1n) is 8.10. The number of carboxylic acids is 1. The van der Waals surface area contributed by atoms with Crippen LogP contribution < -0.4 is 0 Å². The molecule has 2 rings (SSSR count). The van der Waals surface area contributed by atoms with Crippen molar-refractivity contribution in [1.82, 2.24) is 0 Å². The molecule has 0 radical (unpaired) electrons. The molecule has 0 aliphatic rings. The summed E-state index contributed by atoms with van der Waals surface area (Å²) in [6, 6.07) is 14.0. The van der Waals surface area contributed by atoms with Gasteiger partial charge in [-0.05, 0) is 24.5 Å². The SMILES string of the molecule is CCCCCCc1c(C(=O)O)cccc1C(=O)c1ccccc1. The number of carbonyl (C=O) groups is 2. The lowest BCUT2D eigenvalue weighted by molar-refractivity contribution is 0.0695. The van der Waals surface area contributed by atoms with Crippen molar-refractivity contribution in [3.05, 3.63) is 70.8 Å². The minimum atomic E-state index is -0.974. The average Bonchev–Trinajstić information content (AvgIpc) is 2.58.